The number of hydrogen-bond acceptors (Lipinski definition) is 2. The van der Waals surface area contributed by atoms with Crippen LogP contribution in [0.5, 0.6) is 0 Å². The molecule has 0 atom stereocenters. The molecule has 7 heteroatoms. The largest absolute Gasteiger partial charge is 0.354 e. The fourth-order valence-electron chi connectivity index (χ4n) is 3.81. The number of fused-ring (bicyclic) bond motifs is 1. The van der Waals surface area contributed by atoms with Crippen LogP contribution in [0, 0.1) is 25.5 Å². The molecule has 0 bridgehead atoms. The maximum absolute atomic E-state index is 14.3. The molecule has 4 rings (SSSR count). The summed E-state index contributed by atoms with van der Waals surface area (Å²) in [7, 11) is -0.524. The van der Waals surface area contributed by atoms with Crippen LogP contribution in [-0.2, 0) is 10.0 Å². The van der Waals surface area contributed by atoms with E-state index in [-0.39, 0.29) is 10.5 Å². The number of benzene rings is 3. The lowest BCUT2D eigenvalue weighted by Gasteiger charge is -2.14. The van der Waals surface area contributed by atoms with E-state index in [0.717, 1.165) is 33.2 Å². The molecule has 160 valence electrons. The summed E-state index contributed by atoms with van der Waals surface area (Å²) in [4.78, 5) is 3.36. The highest BCUT2D eigenvalue weighted by Gasteiger charge is 2.20. The number of aryl methyl sites for hydroxylation is 2. The van der Waals surface area contributed by atoms with Crippen molar-refractivity contribution in [3.63, 3.8) is 0 Å². The molecule has 0 aliphatic carbocycles. The van der Waals surface area contributed by atoms with Crippen LogP contribution in [0.1, 0.15) is 11.1 Å². The molecule has 0 unspecified atom stereocenters. The second kappa shape index (κ2) is 7.59. The number of nitrogens with zero attached hydrogens (tertiary/aromatic N) is 1. The highest BCUT2D eigenvalue weighted by atomic mass is 32.2. The Morgan fingerprint density at radius 1 is 0.903 bits per heavy atom. The highest BCUT2D eigenvalue weighted by Crippen LogP contribution is 2.36. The van der Waals surface area contributed by atoms with Crippen LogP contribution >= 0.6 is 0 Å². The van der Waals surface area contributed by atoms with E-state index >= 15 is 0 Å². The molecule has 0 amide bonds. The Labute approximate surface area is 180 Å². The van der Waals surface area contributed by atoms with Gasteiger partial charge in [-0.2, -0.15) is 0 Å². The number of sulfonamides is 1. The zero-order chi connectivity index (χ0) is 22.5. The van der Waals surface area contributed by atoms with Gasteiger partial charge in [-0.1, -0.05) is 18.2 Å². The molecule has 0 saturated heterocycles. The Kier molecular flexibility index (Phi) is 5.19. The van der Waals surface area contributed by atoms with Crippen molar-refractivity contribution in [3.05, 3.63) is 77.4 Å². The molecule has 0 fully saturated rings. The van der Waals surface area contributed by atoms with Crippen LogP contribution in [0.25, 0.3) is 33.3 Å². The maximum atomic E-state index is 14.3. The van der Waals surface area contributed by atoms with E-state index in [1.165, 1.54) is 36.6 Å². The van der Waals surface area contributed by atoms with Gasteiger partial charge in [0.15, 0.2) is 0 Å². The van der Waals surface area contributed by atoms with Crippen LogP contribution in [0.4, 0.5) is 8.78 Å². The smallest absolute Gasteiger partial charge is 0.242 e. The summed E-state index contributed by atoms with van der Waals surface area (Å²) < 4.78 is 54.6. The topological polar surface area (TPSA) is 53.2 Å². The van der Waals surface area contributed by atoms with Gasteiger partial charge in [0.2, 0.25) is 10.0 Å². The van der Waals surface area contributed by atoms with Crippen LogP contribution in [0.2, 0.25) is 0 Å². The predicted octanol–water partition coefficient (Wildman–Crippen LogP) is 5.65. The van der Waals surface area contributed by atoms with Crippen molar-refractivity contribution in [2.75, 3.05) is 14.1 Å². The first-order chi connectivity index (χ1) is 14.6. The van der Waals surface area contributed by atoms with Crippen molar-refractivity contribution in [3.8, 4) is 22.4 Å². The predicted molar refractivity (Wildman–Crippen MR) is 119 cm³/mol. The Morgan fingerprint density at radius 2 is 1.58 bits per heavy atom. The molecule has 0 aliphatic heterocycles. The number of aromatic nitrogens is 1. The molecule has 1 aromatic heterocycles. The normalized spacial score (nSPS) is 12.1. The van der Waals surface area contributed by atoms with E-state index < -0.39 is 21.7 Å². The summed E-state index contributed by atoms with van der Waals surface area (Å²) in [6.07, 6.45) is 0. The third-order valence-electron chi connectivity index (χ3n) is 5.56. The molecule has 4 aromatic rings. The van der Waals surface area contributed by atoms with Gasteiger partial charge in [0.1, 0.15) is 11.6 Å². The first kappa shape index (κ1) is 21.2. The molecular formula is C24H22F2N2O2S. The van der Waals surface area contributed by atoms with Crippen molar-refractivity contribution in [2.45, 2.75) is 18.7 Å². The lowest BCUT2D eigenvalue weighted by Crippen LogP contribution is -2.22. The second-order valence-corrected chi connectivity index (χ2v) is 9.90. The van der Waals surface area contributed by atoms with Crippen LogP contribution in [0.3, 0.4) is 0 Å². The average molecular weight is 441 g/mol. The zero-order valence-electron chi connectivity index (χ0n) is 17.6. The molecule has 4 nitrogen and oxygen atoms in total. The van der Waals surface area contributed by atoms with E-state index in [0.29, 0.717) is 5.69 Å². The van der Waals surface area contributed by atoms with Crippen molar-refractivity contribution >= 4 is 20.9 Å². The SMILES string of the molecule is Cc1cc(S(=O)(=O)N(C)C)ccc1-c1ccc2[nH]c(-c3c(F)cccc3F)c(C)c2c1. The number of halogens is 2. The molecule has 31 heavy (non-hydrogen) atoms. The lowest BCUT2D eigenvalue weighted by atomic mass is 9.98. The first-order valence-corrected chi connectivity index (χ1v) is 11.2. The number of rotatable bonds is 4. The molecular weight excluding hydrogens is 418 g/mol. The first-order valence-electron chi connectivity index (χ1n) is 9.71. The van der Waals surface area contributed by atoms with Gasteiger partial charge in [-0.25, -0.2) is 21.5 Å². The van der Waals surface area contributed by atoms with Crippen molar-refractivity contribution < 1.29 is 17.2 Å². The summed E-state index contributed by atoms with van der Waals surface area (Å²) in [6, 6.07) is 14.6. The molecule has 0 aliphatic rings. The summed E-state index contributed by atoms with van der Waals surface area (Å²) >= 11 is 0. The van der Waals surface area contributed by atoms with Crippen molar-refractivity contribution in [2.24, 2.45) is 0 Å². The summed E-state index contributed by atoms with van der Waals surface area (Å²) in [5, 5.41) is 0.847. The van der Waals surface area contributed by atoms with Gasteiger partial charge < -0.3 is 4.98 Å². The average Bonchev–Trinajstić information content (AvgIpc) is 3.03. The minimum Gasteiger partial charge on any atom is -0.354 e. The molecule has 0 radical (unpaired) electrons. The van der Waals surface area contributed by atoms with Gasteiger partial charge in [0.05, 0.1) is 16.2 Å². The Morgan fingerprint density at radius 3 is 2.19 bits per heavy atom. The maximum Gasteiger partial charge on any atom is 0.242 e. The number of nitrogens with one attached hydrogen (secondary N) is 1. The van der Waals surface area contributed by atoms with Gasteiger partial charge >= 0.3 is 0 Å². The summed E-state index contributed by atoms with van der Waals surface area (Å²) in [5.41, 5.74) is 4.43. The molecule has 3 aromatic carbocycles. The van der Waals surface area contributed by atoms with E-state index in [1.54, 1.807) is 18.2 Å². The summed E-state index contributed by atoms with van der Waals surface area (Å²) in [6.45, 7) is 3.68. The van der Waals surface area contributed by atoms with Crippen LogP contribution in [0.15, 0.2) is 59.5 Å². The quantitative estimate of drug-likeness (QED) is 0.446. The standard InChI is InChI=1S/C24H22F2N2O2S/c1-14-12-17(31(29,30)28(3)4)9-10-18(14)16-8-11-22-19(13-16)15(2)24(27-22)23-20(25)6-5-7-21(23)26/h5-13,27H,1-4H3. The van der Waals surface area contributed by atoms with Gasteiger partial charge in [0.25, 0.3) is 0 Å². The van der Waals surface area contributed by atoms with E-state index in [9.17, 15) is 17.2 Å². The van der Waals surface area contributed by atoms with Gasteiger partial charge in [-0.05, 0) is 72.5 Å². The van der Waals surface area contributed by atoms with Gasteiger partial charge in [-0.3, -0.25) is 0 Å². The Bertz CT molecular complexity index is 1400. The van der Waals surface area contributed by atoms with Crippen LogP contribution in [-0.4, -0.2) is 31.8 Å². The fourth-order valence-corrected chi connectivity index (χ4v) is 4.80. The monoisotopic (exact) mass is 440 g/mol. The third kappa shape index (κ3) is 3.54. The molecule has 0 spiro atoms. The van der Waals surface area contributed by atoms with Gasteiger partial charge in [0, 0.05) is 25.0 Å². The Hall–Kier alpha value is -3.03. The van der Waals surface area contributed by atoms with Crippen LogP contribution < -0.4 is 0 Å². The van der Waals surface area contributed by atoms with E-state index in [4.69, 9.17) is 0 Å². The lowest BCUT2D eigenvalue weighted by molar-refractivity contribution is 0.520. The highest BCUT2D eigenvalue weighted by molar-refractivity contribution is 7.89. The third-order valence-corrected chi connectivity index (χ3v) is 7.37. The van der Waals surface area contributed by atoms with Crippen molar-refractivity contribution in [1.29, 1.82) is 0 Å². The number of H-pyrrole nitrogens is 1. The van der Waals surface area contributed by atoms with Gasteiger partial charge in [-0.15, -0.1) is 0 Å². The molecule has 0 saturated carbocycles. The second-order valence-electron chi connectivity index (χ2n) is 7.75. The Balaban J connectivity index is 1.83. The minimum atomic E-state index is -3.52. The molecule has 1 heterocycles. The summed E-state index contributed by atoms with van der Waals surface area (Å²) in [5.74, 6) is -1.24. The van der Waals surface area contributed by atoms with E-state index in [1.807, 2.05) is 32.0 Å². The number of aromatic amines is 1. The van der Waals surface area contributed by atoms with E-state index in [2.05, 4.69) is 4.98 Å². The zero-order valence-corrected chi connectivity index (χ0v) is 18.4. The molecule has 1 N–H and O–H groups in total. The fraction of sp³-hybridized carbons (Fsp3) is 0.167. The number of hydrogen-bond donors (Lipinski definition) is 1. The van der Waals surface area contributed by atoms with Crippen molar-refractivity contribution in [1.82, 2.24) is 9.29 Å². The minimum absolute atomic E-state index is 0.0767.